The zero-order valence-corrected chi connectivity index (χ0v) is 15.4. The van der Waals surface area contributed by atoms with Crippen LogP contribution in [0.15, 0.2) is 0 Å². The van der Waals surface area contributed by atoms with E-state index in [0.717, 1.165) is 0 Å². The number of hydrogen-bond donors (Lipinski definition) is 1. The number of aliphatic carboxylic acids is 2. The maximum absolute atomic E-state index is 10.3. The fourth-order valence-electron chi connectivity index (χ4n) is 0.637. The van der Waals surface area contributed by atoms with Gasteiger partial charge in [-0.2, -0.15) is 8.42 Å². The molecule has 1 atom stereocenters. The Labute approximate surface area is 172 Å². The first kappa shape index (κ1) is 22.3. The van der Waals surface area contributed by atoms with E-state index >= 15 is 0 Å². The molecule has 0 aliphatic carbocycles. The van der Waals surface area contributed by atoms with Gasteiger partial charge in [-0.3, -0.25) is 4.55 Å². The van der Waals surface area contributed by atoms with E-state index in [-0.39, 0.29) is 103 Å². The molecule has 0 saturated carbocycles. The molecule has 0 spiro atoms. The Morgan fingerprint density at radius 1 is 1.20 bits per heavy atom. The third-order valence-corrected chi connectivity index (χ3v) is 2.38. The number of carbonyl (C=O) groups excluding carboxylic acids is 2. The zero-order chi connectivity index (χ0) is 10.6. The zero-order valence-electron chi connectivity index (χ0n) is 8.30. The van der Waals surface area contributed by atoms with Crippen molar-refractivity contribution >= 4 is 22.1 Å². The van der Waals surface area contributed by atoms with E-state index < -0.39 is 40.1 Å². The summed E-state index contributed by atoms with van der Waals surface area (Å²) in [7, 11) is -4.81. The van der Waals surface area contributed by atoms with Gasteiger partial charge in [0.25, 0.3) is 10.1 Å². The van der Waals surface area contributed by atoms with Gasteiger partial charge in [0, 0.05) is 5.97 Å². The summed E-state index contributed by atoms with van der Waals surface area (Å²) < 4.78 is 28.9. The van der Waals surface area contributed by atoms with Crippen molar-refractivity contribution in [2.45, 2.75) is 18.1 Å². The minimum absolute atomic E-state index is 0. The van der Waals surface area contributed by atoms with E-state index in [0.29, 0.717) is 0 Å². The molecule has 0 aromatic rings. The fraction of sp³-hybridized carbons (Fsp3) is 0.600. The number of carboxylic acid groups (broad SMARTS) is 2. The first-order valence-electron chi connectivity index (χ1n) is 3.12. The van der Waals surface area contributed by atoms with Crippen LogP contribution in [0.2, 0.25) is 0 Å². The Balaban J connectivity index is -0.000000720. The predicted octanol–water partition coefficient (Wildman–Crippen LogP) is -9.47. The average molecular weight is 288 g/mol. The summed E-state index contributed by atoms with van der Waals surface area (Å²) in [5.74, 6) is -3.64. The van der Waals surface area contributed by atoms with Gasteiger partial charge >= 0.3 is 103 Å². The second-order valence-corrected chi connectivity index (χ2v) is 3.83. The van der Waals surface area contributed by atoms with Crippen LogP contribution in [0.3, 0.4) is 0 Å². The molecule has 0 aliphatic rings. The SMILES string of the molecule is O=C([O-])CCC(C(=O)[O-])S(=O)(=O)O.[K+].[K+]. The third-order valence-electron chi connectivity index (χ3n) is 1.23. The molecule has 0 amide bonds. The molecule has 1 N–H and O–H groups in total. The van der Waals surface area contributed by atoms with Gasteiger partial charge < -0.3 is 19.8 Å². The Morgan fingerprint density at radius 3 is 1.80 bits per heavy atom. The molecular formula is C5H6K2O7S. The Hall–Kier alpha value is 2.12. The van der Waals surface area contributed by atoms with Crippen LogP contribution in [0.1, 0.15) is 12.8 Å². The van der Waals surface area contributed by atoms with Gasteiger partial charge in [0.15, 0.2) is 0 Å². The van der Waals surface area contributed by atoms with Crippen molar-refractivity contribution in [3.63, 3.8) is 0 Å². The van der Waals surface area contributed by atoms with Gasteiger partial charge in [0.2, 0.25) is 0 Å². The Bertz CT molecular complexity index is 311. The maximum Gasteiger partial charge on any atom is 1.00 e. The smallest absolute Gasteiger partial charge is 0.550 e. The van der Waals surface area contributed by atoms with Crippen molar-refractivity contribution in [2.75, 3.05) is 0 Å². The largest absolute Gasteiger partial charge is 1.00 e. The van der Waals surface area contributed by atoms with Crippen molar-refractivity contribution < 1.29 is 136 Å². The van der Waals surface area contributed by atoms with Crippen LogP contribution >= 0.6 is 0 Å². The molecule has 15 heavy (non-hydrogen) atoms. The second kappa shape index (κ2) is 10.1. The van der Waals surface area contributed by atoms with Gasteiger partial charge in [-0.15, -0.1) is 0 Å². The van der Waals surface area contributed by atoms with E-state index in [1.165, 1.54) is 0 Å². The van der Waals surface area contributed by atoms with Gasteiger partial charge in [0.05, 0.1) is 5.97 Å². The predicted molar refractivity (Wildman–Crippen MR) is 34.6 cm³/mol. The van der Waals surface area contributed by atoms with Gasteiger partial charge in [-0.1, -0.05) is 0 Å². The normalized spacial score (nSPS) is 11.8. The van der Waals surface area contributed by atoms with E-state index in [2.05, 4.69) is 0 Å². The molecule has 0 aliphatic heterocycles. The van der Waals surface area contributed by atoms with Crippen LogP contribution in [-0.2, 0) is 19.7 Å². The fourth-order valence-corrected chi connectivity index (χ4v) is 1.30. The van der Waals surface area contributed by atoms with Gasteiger partial charge in [0.1, 0.15) is 5.25 Å². The van der Waals surface area contributed by atoms with Gasteiger partial charge in [-0.25, -0.2) is 0 Å². The molecule has 0 rings (SSSR count). The quantitative estimate of drug-likeness (QED) is 0.392. The molecule has 10 heteroatoms. The van der Waals surface area contributed by atoms with Crippen LogP contribution in [0.25, 0.3) is 0 Å². The first-order valence-corrected chi connectivity index (χ1v) is 4.62. The standard InChI is InChI=1S/C5H8O7S.2K/c6-4(7)2-1-3(5(8)9)13(10,11)12;;/h3H,1-2H2,(H,6,7)(H,8,9)(H,10,11,12);;/q;2*+1/p-2. The number of carbonyl (C=O) groups is 2. The summed E-state index contributed by atoms with van der Waals surface area (Å²) in [6.07, 6.45) is -1.55. The molecule has 76 valence electrons. The molecule has 0 saturated heterocycles. The summed E-state index contributed by atoms with van der Waals surface area (Å²) >= 11 is 0. The molecule has 0 aromatic heterocycles. The summed E-state index contributed by atoms with van der Waals surface area (Å²) in [6.45, 7) is 0. The Morgan fingerprint density at radius 2 is 1.60 bits per heavy atom. The molecule has 0 bridgehead atoms. The summed E-state index contributed by atoms with van der Waals surface area (Å²) in [6, 6.07) is 0. The summed E-state index contributed by atoms with van der Waals surface area (Å²) in [4.78, 5) is 19.9. The summed E-state index contributed by atoms with van der Waals surface area (Å²) in [5, 5.41) is 17.7. The van der Waals surface area contributed by atoms with Crippen molar-refractivity contribution in [1.82, 2.24) is 0 Å². The van der Waals surface area contributed by atoms with Gasteiger partial charge in [-0.05, 0) is 12.8 Å². The molecule has 0 fully saturated rings. The topological polar surface area (TPSA) is 135 Å². The Kier molecular flexibility index (Phi) is 15.0. The number of carboxylic acids is 2. The molecule has 0 heterocycles. The van der Waals surface area contributed by atoms with Crippen LogP contribution < -0.4 is 113 Å². The number of rotatable bonds is 5. The molecule has 7 nitrogen and oxygen atoms in total. The molecule has 1 unspecified atom stereocenters. The maximum atomic E-state index is 10.3. The minimum atomic E-state index is -4.81. The van der Waals surface area contributed by atoms with Crippen LogP contribution in [-0.4, -0.2) is 30.2 Å². The van der Waals surface area contributed by atoms with Crippen molar-refractivity contribution in [2.24, 2.45) is 0 Å². The van der Waals surface area contributed by atoms with E-state index in [4.69, 9.17) is 4.55 Å². The van der Waals surface area contributed by atoms with Crippen molar-refractivity contribution in [3.8, 4) is 0 Å². The second-order valence-electron chi connectivity index (χ2n) is 2.23. The van der Waals surface area contributed by atoms with Crippen LogP contribution in [0.4, 0.5) is 0 Å². The van der Waals surface area contributed by atoms with Crippen LogP contribution in [0.5, 0.6) is 0 Å². The van der Waals surface area contributed by atoms with Crippen molar-refractivity contribution in [3.05, 3.63) is 0 Å². The van der Waals surface area contributed by atoms with E-state index in [9.17, 15) is 28.2 Å². The average Bonchev–Trinajstić information content (AvgIpc) is 1.81. The molecule has 0 radical (unpaired) electrons. The molecule has 0 aromatic carbocycles. The third kappa shape index (κ3) is 11.0. The minimum Gasteiger partial charge on any atom is -0.550 e. The van der Waals surface area contributed by atoms with E-state index in [1.54, 1.807) is 0 Å². The summed E-state index contributed by atoms with van der Waals surface area (Å²) in [5.41, 5.74) is 0. The van der Waals surface area contributed by atoms with Crippen LogP contribution in [0, 0.1) is 0 Å². The molecular weight excluding hydrogens is 282 g/mol. The monoisotopic (exact) mass is 288 g/mol. The first-order chi connectivity index (χ1) is 5.75. The van der Waals surface area contributed by atoms with E-state index in [1.807, 2.05) is 0 Å². The van der Waals surface area contributed by atoms with Crippen molar-refractivity contribution in [1.29, 1.82) is 0 Å². The number of hydrogen-bond acceptors (Lipinski definition) is 6.